The quantitative estimate of drug-likeness (QED) is 0.396. The largest absolute Gasteiger partial charge is 0.426 e. The van der Waals surface area contributed by atoms with E-state index in [-0.39, 0.29) is 5.97 Å². The number of hydrogen-bond donors (Lipinski definition) is 0. The molecule has 2 aromatic rings. The third kappa shape index (κ3) is 5.65. The van der Waals surface area contributed by atoms with Crippen molar-refractivity contribution in [3.8, 4) is 5.75 Å². The number of nitrogens with zero attached hydrogens (tertiary/aromatic N) is 1. The molecule has 1 aliphatic heterocycles. The Bertz CT molecular complexity index is 694. The van der Waals surface area contributed by atoms with Gasteiger partial charge >= 0.3 is 5.97 Å². The molecule has 3 rings (SSSR count). The van der Waals surface area contributed by atoms with E-state index in [9.17, 15) is 4.79 Å². The molecule has 0 bridgehead atoms. The van der Waals surface area contributed by atoms with Crippen molar-refractivity contribution in [1.82, 2.24) is 4.90 Å². The predicted molar refractivity (Wildman–Crippen MR) is 107 cm³/mol. The van der Waals surface area contributed by atoms with E-state index in [4.69, 9.17) is 9.47 Å². The average Bonchev–Trinajstić information content (AvgIpc) is 2.71. The van der Waals surface area contributed by atoms with E-state index in [1.54, 1.807) is 0 Å². The van der Waals surface area contributed by atoms with Gasteiger partial charge in [0.25, 0.3) is 0 Å². The van der Waals surface area contributed by atoms with Crippen LogP contribution < -0.4 is 4.74 Å². The number of esters is 1. The van der Waals surface area contributed by atoms with Crippen LogP contribution in [0.25, 0.3) is 0 Å². The fourth-order valence-electron chi connectivity index (χ4n) is 3.58. The molecule has 1 saturated heterocycles. The SMILES string of the molecule is CN1CCC(CCCOCc2ccccc2)(C(=O)Oc2ccccc2)CC1. The van der Waals surface area contributed by atoms with E-state index in [2.05, 4.69) is 24.1 Å². The minimum Gasteiger partial charge on any atom is -0.426 e. The highest BCUT2D eigenvalue weighted by Gasteiger charge is 2.41. The molecule has 0 unspecified atom stereocenters. The van der Waals surface area contributed by atoms with E-state index in [0.717, 1.165) is 38.8 Å². The smallest absolute Gasteiger partial charge is 0.317 e. The van der Waals surface area contributed by atoms with Gasteiger partial charge in [0, 0.05) is 6.61 Å². The molecule has 1 fully saturated rings. The van der Waals surface area contributed by atoms with Gasteiger partial charge in [0.2, 0.25) is 0 Å². The maximum Gasteiger partial charge on any atom is 0.317 e. The van der Waals surface area contributed by atoms with Crippen LogP contribution in [0.2, 0.25) is 0 Å². The number of para-hydroxylation sites is 1. The molecule has 0 amide bonds. The predicted octanol–water partition coefficient (Wildman–Crippen LogP) is 4.30. The van der Waals surface area contributed by atoms with Gasteiger partial charge in [-0.3, -0.25) is 4.79 Å². The van der Waals surface area contributed by atoms with Gasteiger partial charge in [0.05, 0.1) is 12.0 Å². The Morgan fingerprint density at radius 2 is 1.63 bits per heavy atom. The summed E-state index contributed by atoms with van der Waals surface area (Å²) in [5.74, 6) is 0.533. The molecule has 0 aliphatic carbocycles. The highest BCUT2D eigenvalue weighted by Crippen LogP contribution is 2.37. The Kier molecular flexibility index (Phi) is 7.02. The fourth-order valence-corrected chi connectivity index (χ4v) is 3.58. The monoisotopic (exact) mass is 367 g/mol. The molecule has 0 aromatic heterocycles. The lowest BCUT2D eigenvalue weighted by Gasteiger charge is -2.38. The molecule has 0 saturated carbocycles. The van der Waals surface area contributed by atoms with Crippen LogP contribution in [-0.2, 0) is 16.1 Å². The van der Waals surface area contributed by atoms with Crippen LogP contribution in [0.3, 0.4) is 0 Å². The highest BCUT2D eigenvalue weighted by atomic mass is 16.5. The van der Waals surface area contributed by atoms with Crippen LogP contribution in [0.15, 0.2) is 60.7 Å². The van der Waals surface area contributed by atoms with Crippen molar-refractivity contribution < 1.29 is 14.3 Å². The second-order valence-electron chi connectivity index (χ2n) is 7.43. The van der Waals surface area contributed by atoms with Crippen molar-refractivity contribution >= 4 is 5.97 Å². The summed E-state index contributed by atoms with van der Waals surface area (Å²) in [6.45, 7) is 3.12. The van der Waals surface area contributed by atoms with Crippen LogP contribution in [-0.4, -0.2) is 37.6 Å². The second kappa shape index (κ2) is 9.67. The molecule has 1 aliphatic rings. The van der Waals surface area contributed by atoms with Crippen molar-refractivity contribution in [3.63, 3.8) is 0 Å². The van der Waals surface area contributed by atoms with Gasteiger partial charge in [-0.2, -0.15) is 0 Å². The number of likely N-dealkylation sites (tertiary alicyclic amines) is 1. The van der Waals surface area contributed by atoms with Crippen molar-refractivity contribution in [2.24, 2.45) is 5.41 Å². The molecule has 4 heteroatoms. The van der Waals surface area contributed by atoms with E-state index >= 15 is 0 Å². The Balaban J connectivity index is 1.53. The summed E-state index contributed by atoms with van der Waals surface area (Å²) in [4.78, 5) is 15.3. The first kappa shape index (κ1) is 19.6. The lowest BCUT2D eigenvalue weighted by atomic mass is 9.75. The van der Waals surface area contributed by atoms with Gasteiger partial charge in [-0.25, -0.2) is 0 Å². The normalized spacial score (nSPS) is 16.8. The summed E-state index contributed by atoms with van der Waals surface area (Å²) >= 11 is 0. The molecule has 0 N–H and O–H groups in total. The zero-order valence-corrected chi connectivity index (χ0v) is 16.1. The molecule has 0 atom stereocenters. The third-order valence-electron chi connectivity index (χ3n) is 5.39. The van der Waals surface area contributed by atoms with Crippen molar-refractivity contribution in [2.45, 2.75) is 32.3 Å². The van der Waals surface area contributed by atoms with Crippen LogP contribution >= 0.6 is 0 Å². The van der Waals surface area contributed by atoms with E-state index in [1.807, 2.05) is 48.5 Å². The van der Waals surface area contributed by atoms with Crippen molar-refractivity contribution in [3.05, 3.63) is 66.2 Å². The van der Waals surface area contributed by atoms with Gasteiger partial charge in [0.1, 0.15) is 5.75 Å². The fraction of sp³-hybridized carbons (Fsp3) is 0.435. The Hall–Kier alpha value is -2.17. The van der Waals surface area contributed by atoms with Gasteiger partial charge < -0.3 is 14.4 Å². The van der Waals surface area contributed by atoms with Crippen LogP contribution in [0.4, 0.5) is 0 Å². The number of benzene rings is 2. The van der Waals surface area contributed by atoms with Crippen LogP contribution in [0.5, 0.6) is 5.75 Å². The summed E-state index contributed by atoms with van der Waals surface area (Å²) in [6.07, 6.45) is 3.35. The number of carbonyl (C=O) groups excluding carboxylic acids is 1. The lowest BCUT2D eigenvalue weighted by molar-refractivity contribution is -0.149. The Morgan fingerprint density at radius 1 is 1.00 bits per heavy atom. The van der Waals surface area contributed by atoms with Crippen molar-refractivity contribution in [1.29, 1.82) is 0 Å². The van der Waals surface area contributed by atoms with Crippen molar-refractivity contribution in [2.75, 3.05) is 26.7 Å². The standard InChI is InChI=1S/C23H29NO3/c1-24-16-14-23(15-17-24,22(25)27-21-11-6-3-7-12-21)13-8-18-26-19-20-9-4-2-5-10-20/h2-7,9-12H,8,13-19H2,1H3. The molecule has 2 aromatic carbocycles. The number of hydrogen-bond acceptors (Lipinski definition) is 4. The van der Waals surface area contributed by atoms with Crippen LogP contribution in [0, 0.1) is 5.41 Å². The average molecular weight is 367 g/mol. The molecule has 27 heavy (non-hydrogen) atoms. The molecule has 0 spiro atoms. The minimum atomic E-state index is -0.404. The molecule has 1 heterocycles. The van der Waals surface area contributed by atoms with E-state index < -0.39 is 5.41 Å². The molecular weight excluding hydrogens is 338 g/mol. The van der Waals surface area contributed by atoms with E-state index in [0.29, 0.717) is 19.0 Å². The van der Waals surface area contributed by atoms with E-state index in [1.165, 1.54) is 5.56 Å². The molecule has 144 valence electrons. The number of piperidine rings is 1. The van der Waals surface area contributed by atoms with Crippen LogP contribution in [0.1, 0.15) is 31.2 Å². The number of rotatable bonds is 8. The third-order valence-corrected chi connectivity index (χ3v) is 5.39. The number of carbonyl (C=O) groups is 1. The molecule has 4 nitrogen and oxygen atoms in total. The second-order valence-corrected chi connectivity index (χ2v) is 7.43. The number of ether oxygens (including phenoxy) is 2. The molecular formula is C23H29NO3. The first-order chi connectivity index (χ1) is 13.2. The zero-order valence-electron chi connectivity index (χ0n) is 16.1. The Morgan fingerprint density at radius 3 is 2.30 bits per heavy atom. The summed E-state index contributed by atoms with van der Waals surface area (Å²) in [7, 11) is 2.11. The summed E-state index contributed by atoms with van der Waals surface area (Å²) in [5.41, 5.74) is 0.772. The van der Waals surface area contributed by atoms with Gasteiger partial charge in [-0.15, -0.1) is 0 Å². The topological polar surface area (TPSA) is 38.8 Å². The van der Waals surface area contributed by atoms with Gasteiger partial charge in [-0.1, -0.05) is 48.5 Å². The molecule has 0 radical (unpaired) electrons. The summed E-state index contributed by atoms with van der Waals surface area (Å²) in [6, 6.07) is 19.6. The van der Waals surface area contributed by atoms with Gasteiger partial charge in [0.15, 0.2) is 0 Å². The van der Waals surface area contributed by atoms with Gasteiger partial charge in [-0.05, 0) is 63.5 Å². The minimum absolute atomic E-state index is 0.0927. The summed E-state index contributed by atoms with van der Waals surface area (Å²) < 4.78 is 11.5. The Labute approximate surface area is 162 Å². The first-order valence-electron chi connectivity index (χ1n) is 9.75. The maximum absolute atomic E-state index is 13.0. The first-order valence-corrected chi connectivity index (χ1v) is 9.75. The summed E-state index contributed by atoms with van der Waals surface area (Å²) in [5, 5.41) is 0. The lowest BCUT2D eigenvalue weighted by Crippen LogP contribution is -2.45. The maximum atomic E-state index is 13.0. The zero-order chi connectivity index (χ0) is 19.0. The highest BCUT2D eigenvalue weighted by molar-refractivity contribution is 5.79.